The third-order valence-electron chi connectivity index (χ3n) is 4.23. The maximum absolute atomic E-state index is 5.65. The molecular weight excluding hydrogens is 224 g/mol. The van der Waals surface area contributed by atoms with Gasteiger partial charge in [-0.15, -0.1) is 0 Å². The van der Waals surface area contributed by atoms with Gasteiger partial charge in [0.25, 0.3) is 0 Å². The summed E-state index contributed by atoms with van der Waals surface area (Å²) in [5.74, 6) is 0.843. The first-order chi connectivity index (χ1) is 8.48. The predicted molar refractivity (Wildman–Crippen MR) is 75.9 cm³/mol. The lowest BCUT2D eigenvalue weighted by Gasteiger charge is -2.41. The Kier molecular flexibility index (Phi) is 4.68. The highest BCUT2D eigenvalue weighted by Crippen LogP contribution is 2.32. The van der Waals surface area contributed by atoms with Crippen LogP contribution in [0.15, 0.2) is 0 Å². The van der Waals surface area contributed by atoms with E-state index in [0.717, 1.165) is 18.6 Å². The van der Waals surface area contributed by atoms with Crippen molar-refractivity contribution in [3.63, 3.8) is 0 Å². The number of hydrogen-bond acceptors (Lipinski definition) is 3. The second kappa shape index (κ2) is 5.89. The molecule has 0 bridgehead atoms. The van der Waals surface area contributed by atoms with E-state index in [0.29, 0.717) is 6.10 Å². The fourth-order valence-corrected chi connectivity index (χ4v) is 3.02. The molecule has 0 aromatic carbocycles. The molecule has 1 N–H and O–H groups in total. The van der Waals surface area contributed by atoms with E-state index >= 15 is 0 Å². The van der Waals surface area contributed by atoms with Crippen molar-refractivity contribution < 1.29 is 4.74 Å². The van der Waals surface area contributed by atoms with Gasteiger partial charge in [-0.05, 0) is 66.0 Å². The van der Waals surface area contributed by atoms with Gasteiger partial charge in [-0.1, -0.05) is 0 Å². The van der Waals surface area contributed by atoms with Crippen LogP contribution in [-0.4, -0.2) is 48.8 Å². The van der Waals surface area contributed by atoms with Gasteiger partial charge in [-0.2, -0.15) is 0 Å². The van der Waals surface area contributed by atoms with Crippen LogP contribution in [0.3, 0.4) is 0 Å². The molecule has 0 amide bonds. The van der Waals surface area contributed by atoms with Gasteiger partial charge in [-0.3, -0.25) is 4.90 Å². The second-order valence-corrected chi connectivity index (χ2v) is 6.98. The number of nitrogens with zero attached hydrogens (tertiary/aromatic N) is 1. The van der Waals surface area contributed by atoms with Crippen LogP contribution in [0.25, 0.3) is 0 Å². The van der Waals surface area contributed by atoms with Crippen LogP contribution >= 0.6 is 0 Å². The topological polar surface area (TPSA) is 24.5 Å². The Balaban J connectivity index is 1.64. The van der Waals surface area contributed by atoms with E-state index in [1.54, 1.807) is 0 Å². The normalized spacial score (nSPS) is 33.7. The number of likely N-dealkylation sites (tertiary alicyclic amines) is 1. The molecule has 1 unspecified atom stereocenters. The molecule has 106 valence electrons. The summed E-state index contributed by atoms with van der Waals surface area (Å²) in [7, 11) is 0. The van der Waals surface area contributed by atoms with Gasteiger partial charge in [0.15, 0.2) is 0 Å². The summed E-state index contributed by atoms with van der Waals surface area (Å²) in [6.07, 6.45) is 4.42. The molecule has 0 aromatic rings. The summed E-state index contributed by atoms with van der Waals surface area (Å²) >= 11 is 0. The van der Waals surface area contributed by atoms with Gasteiger partial charge < -0.3 is 10.1 Å². The van der Waals surface area contributed by atoms with Crippen molar-refractivity contribution in [2.75, 3.05) is 26.2 Å². The Morgan fingerprint density at radius 1 is 1.28 bits per heavy atom. The molecule has 0 aromatic heterocycles. The Bertz CT molecular complexity index is 256. The molecule has 0 radical (unpaired) electrons. The maximum atomic E-state index is 5.65. The Morgan fingerprint density at radius 2 is 2.00 bits per heavy atom. The van der Waals surface area contributed by atoms with Crippen LogP contribution in [0.4, 0.5) is 0 Å². The van der Waals surface area contributed by atoms with Crippen molar-refractivity contribution in [1.82, 2.24) is 10.2 Å². The Hall–Kier alpha value is -0.120. The van der Waals surface area contributed by atoms with Crippen molar-refractivity contribution in [1.29, 1.82) is 0 Å². The van der Waals surface area contributed by atoms with E-state index in [2.05, 4.69) is 37.9 Å². The van der Waals surface area contributed by atoms with Gasteiger partial charge in [0.05, 0.1) is 6.10 Å². The third kappa shape index (κ3) is 3.94. The van der Waals surface area contributed by atoms with Crippen LogP contribution in [0.2, 0.25) is 0 Å². The SMILES string of the molecule is CCOC1CC(N2CCC(CNC(C)(C)C)C2)C1. The minimum Gasteiger partial charge on any atom is -0.378 e. The number of nitrogens with one attached hydrogen (secondary N) is 1. The van der Waals surface area contributed by atoms with Crippen molar-refractivity contribution >= 4 is 0 Å². The monoisotopic (exact) mass is 254 g/mol. The van der Waals surface area contributed by atoms with Crippen molar-refractivity contribution in [3.05, 3.63) is 0 Å². The minimum absolute atomic E-state index is 0.254. The molecule has 18 heavy (non-hydrogen) atoms. The first kappa shape index (κ1) is 14.3. The third-order valence-corrected chi connectivity index (χ3v) is 4.23. The van der Waals surface area contributed by atoms with Gasteiger partial charge in [-0.25, -0.2) is 0 Å². The number of ether oxygens (including phenoxy) is 1. The second-order valence-electron chi connectivity index (χ2n) is 6.98. The molecule has 1 atom stereocenters. The fraction of sp³-hybridized carbons (Fsp3) is 1.00. The van der Waals surface area contributed by atoms with Crippen molar-refractivity contribution in [2.45, 2.75) is 64.6 Å². The summed E-state index contributed by atoms with van der Waals surface area (Å²) in [4.78, 5) is 2.69. The molecule has 2 fully saturated rings. The zero-order valence-corrected chi connectivity index (χ0v) is 12.5. The average molecular weight is 254 g/mol. The summed E-state index contributed by atoms with van der Waals surface area (Å²) in [5, 5.41) is 3.64. The van der Waals surface area contributed by atoms with Gasteiger partial charge in [0.2, 0.25) is 0 Å². The molecule has 0 spiro atoms. The molecule has 1 saturated heterocycles. The molecule has 1 saturated carbocycles. The highest BCUT2D eigenvalue weighted by atomic mass is 16.5. The van der Waals surface area contributed by atoms with E-state index in [1.165, 1.54) is 38.9 Å². The van der Waals surface area contributed by atoms with Gasteiger partial charge in [0.1, 0.15) is 0 Å². The molecule has 1 heterocycles. The first-order valence-corrected chi connectivity index (χ1v) is 7.58. The van der Waals surface area contributed by atoms with E-state index < -0.39 is 0 Å². The predicted octanol–water partition coefficient (Wildman–Crippen LogP) is 2.26. The van der Waals surface area contributed by atoms with E-state index in [4.69, 9.17) is 4.74 Å². The van der Waals surface area contributed by atoms with Crippen LogP contribution in [0.1, 0.15) is 47.0 Å². The van der Waals surface area contributed by atoms with Gasteiger partial charge >= 0.3 is 0 Å². The molecule has 2 rings (SSSR count). The lowest BCUT2D eigenvalue weighted by atomic mass is 9.88. The van der Waals surface area contributed by atoms with Crippen molar-refractivity contribution in [3.8, 4) is 0 Å². The molecule has 3 nitrogen and oxygen atoms in total. The van der Waals surface area contributed by atoms with Gasteiger partial charge in [0, 0.05) is 24.7 Å². The highest BCUT2D eigenvalue weighted by molar-refractivity contribution is 4.92. The standard InChI is InChI=1S/C15H30N2O/c1-5-18-14-8-13(9-14)17-7-6-12(11-17)10-16-15(2,3)4/h12-14,16H,5-11H2,1-4H3. The zero-order chi connectivity index (χ0) is 13.2. The quantitative estimate of drug-likeness (QED) is 0.814. The van der Waals surface area contributed by atoms with Crippen molar-refractivity contribution in [2.24, 2.45) is 5.92 Å². The summed E-state index contributed by atoms with van der Waals surface area (Å²) < 4.78 is 5.65. The lowest BCUT2D eigenvalue weighted by Crippen LogP contribution is -2.47. The number of hydrogen-bond donors (Lipinski definition) is 1. The molecule has 3 heteroatoms. The minimum atomic E-state index is 0.254. The zero-order valence-electron chi connectivity index (χ0n) is 12.5. The molecular formula is C15H30N2O. The Labute approximate surface area is 112 Å². The first-order valence-electron chi connectivity index (χ1n) is 7.58. The van der Waals surface area contributed by atoms with E-state index in [-0.39, 0.29) is 5.54 Å². The van der Waals surface area contributed by atoms with Crippen LogP contribution < -0.4 is 5.32 Å². The summed E-state index contributed by atoms with van der Waals surface area (Å²) in [6.45, 7) is 13.5. The Morgan fingerprint density at radius 3 is 2.61 bits per heavy atom. The van der Waals surface area contributed by atoms with Crippen LogP contribution in [0.5, 0.6) is 0 Å². The van der Waals surface area contributed by atoms with Crippen LogP contribution in [-0.2, 0) is 4.74 Å². The largest absolute Gasteiger partial charge is 0.378 e. The lowest BCUT2D eigenvalue weighted by molar-refractivity contribution is -0.0415. The van der Waals surface area contributed by atoms with E-state index in [9.17, 15) is 0 Å². The maximum Gasteiger partial charge on any atom is 0.0604 e. The van der Waals surface area contributed by atoms with Crippen LogP contribution in [0, 0.1) is 5.92 Å². The molecule has 2 aliphatic rings. The number of rotatable bonds is 5. The molecule has 1 aliphatic carbocycles. The fourth-order valence-electron chi connectivity index (χ4n) is 3.02. The summed E-state index contributed by atoms with van der Waals surface area (Å²) in [6, 6.07) is 0.807. The average Bonchev–Trinajstić information content (AvgIpc) is 2.67. The van der Waals surface area contributed by atoms with E-state index in [1.807, 2.05) is 0 Å². The highest BCUT2D eigenvalue weighted by Gasteiger charge is 2.37. The molecule has 1 aliphatic heterocycles. The summed E-state index contributed by atoms with van der Waals surface area (Å²) in [5.41, 5.74) is 0.254. The smallest absolute Gasteiger partial charge is 0.0604 e.